The largest absolute Gasteiger partial charge is 0.481 e. The lowest BCUT2D eigenvalue weighted by Crippen LogP contribution is -2.39. The van der Waals surface area contributed by atoms with Gasteiger partial charge in [-0.2, -0.15) is 0 Å². The molecule has 1 N–H and O–H groups in total. The van der Waals surface area contributed by atoms with E-state index < -0.39 is 5.92 Å². The highest BCUT2D eigenvalue weighted by molar-refractivity contribution is 6.17. The number of alkyl halides is 3. The molecule has 6 heteroatoms. The van der Waals surface area contributed by atoms with E-state index in [1.165, 1.54) is 0 Å². The maximum absolute atomic E-state index is 13.3. The molecule has 1 aliphatic carbocycles. The monoisotopic (exact) mass is 360 g/mol. The second kappa shape index (κ2) is 8.84. The number of nitrogens with zero attached hydrogens (tertiary/aromatic N) is 1. The Morgan fingerprint density at radius 3 is 2.71 bits per heavy atom. The molecule has 1 fully saturated rings. The lowest BCUT2D eigenvalue weighted by molar-refractivity contribution is -0.0484. The quantitative estimate of drug-likeness (QED) is 0.401. The van der Waals surface area contributed by atoms with Crippen molar-refractivity contribution < 1.29 is 13.5 Å². The Bertz CT molecular complexity index is 483. The first-order valence-corrected chi connectivity index (χ1v) is 9.28. The van der Waals surface area contributed by atoms with Crippen LogP contribution in [0.4, 0.5) is 8.78 Å². The van der Waals surface area contributed by atoms with Crippen LogP contribution in [0.25, 0.3) is 0 Å². The van der Waals surface area contributed by atoms with Gasteiger partial charge in [0.2, 0.25) is 0 Å². The second-order valence-electron chi connectivity index (χ2n) is 6.47. The summed E-state index contributed by atoms with van der Waals surface area (Å²) < 4.78 is 32.0. The summed E-state index contributed by atoms with van der Waals surface area (Å²) in [7, 11) is 0. The maximum Gasteiger partial charge on any atom is 0.251 e. The van der Waals surface area contributed by atoms with Gasteiger partial charge in [-0.1, -0.05) is 12.2 Å². The fourth-order valence-electron chi connectivity index (χ4n) is 3.35. The number of halogens is 3. The zero-order valence-electron chi connectivity index (χ0n) is 14.2. The molecule has 2 atom stereocenters. The van der Waals surface area contributed by atoms with Crippen molar-refractivity contribution in [1.82, 2.24) is 4.90 Å². The smallest absolute Gasteiger partial charge is 0.251 e. The van der Waals surface area contributed by atoms with Crippen molar-refractivity contribution in [3.05, 3.63) is 23.9 Å². The van der Waals surface area contributed by atoms with Crippen LogP contribution in [0.15, 0.2) is 23.9 Å². The first-order chi connectivity index (χ1) is 11.5. The Morgan fingerprint density at radius 2 is 2.17 bits per heavy atom. The molecule has 0 aromatic rings. The first-order valence-electron chi connectivity index (χ1n) is 8.75. The molecule has 0 aromatic carbocycles. The first kappa shape index (κ1) is 19.2. The Labute approximate surface area is 148 Å². The van der Waals surface area contributed by atoms with E-state index in [2.05, 4.69) is 12.2 Å². The van der Waals surface area contributed by atoms with Gasteiger partial charge in [0, 0.05) is 43.4 Å². The molecule has 2 aliphatic rings. The summed E-state index contributed by atoms with van der Waals surface area (Å²) in [6.45, 7) is 3.18. The average Bonchev–Trinajstić information content (AvgIpc) is 2.56. The summed E-state index contributed by atoms with van der Waals surface area (Å²) in [5.74, 6) is -1.37. The molecular formula is C18H27ClF2N2O. The summed E-state index contributed by atoms with van der Waals surface area (Å²) in [4.78, 5) is 2.03. The molecule has 1 heterocycles. The molecule has 0 amide bonds. The number of rotatable bonds is 7. The Morgan fingerprint density at radius 1 is 1.46 bits per heavy atom. The average molecular weight is 361 g/mol. The van der Waals surface area contributed by atoms with Gasteiger partial charge < -0.3 is 9.64 Å². The normalized spacial score (nSPS) is 24.4. The molecule has 2 unspecified atom stereocenters. The van der Waals surface area contributed by atoms with E-state index >= 15 is 0 Å². The van der Waals surface area contributed by atoms with Gasteiger partial charge in [0.1, 0.15) is 0 Å². The summed E-state index contributed by atoms with van der Waals surface area (Å²) in [5.41, 5.74) is 1.03. The highest BCUT2D eigenvalue weighted by Gasteiger charge is 2.35. The van der Waals surface area contributed by atoms with Crippen LogP contribution >= 0.6 is 11.6 Å². The maximum atomic E-state index is 13.3. The molecule has 0 aromatic heterocycles. The third-order valence-corrected chi connectivity index (χ3v) is 5.04. The number of piperidine rings is 1. The van der Waals surface area contributed by atoms with Crippen molar-refractivity contribution in [2.24, 2.45) is 11.8 Å². The van der Waals surface area contributed by atoms with Crippen LogP contribution in [0.1, 0.15) is 39.0 Å². The van der Waals surface area contributed by atoms with Crippen molar-refractivity contribution in [2.45, 2.75) is 45.0 Å². The SMILES string of the molecule is CCOC(=N)C(CCCCl)C1C=CC(N2CCC(F)(F)CC2)=CC1. The van der Waals surface area contributed by atoms with Gasteiger partial charge in [0.05, 0.1) is 6.61 Å². The molecule has 1 aliphatic heterocycles. The number of hydrogen-bond acceptors (Lipinski definition) is 3. The summed E-state index contributed by atoms with van der Waals surface area (Å²) >= 11 is 5.80. The van der Waals surface area contributed by atoms with Crippen molar-refractivity contribution in [1.29, 1.82) is 5.41 Å². The van der Waals surface area contributed by atoms with Gasteiger partial charge in [-0.15, -0.1) is 11.6 Å². The molecule has 0 spiro atoms. The van der Waals surface area contributed by atoms with Crippen LogP contribution in [0.2, 0.25) is 0 Å². The number of hydrogen-bond donors (Lipinski definition) is 1. The molecule has 136 valence electrons. The van der Waals surface area contributed by atoms with Crippen LogP contribution in [0.5, 0.6) is 0 Å². The van der Waals surface area contributed by atoms with E-state index in [0.29, 0.717) is 31.5 Å². The van der Waals surface area contributed by atoms with Crippen molar-refractivity contribution in [3.63, 3.8) is 0 Å². The number of allylic oxidation sites excluding steroid dienone is 3. The number of ether oxygens (including phenoxy) is 1. The molecule has 0 radical (unpaired) electrons. The van der Waals surface area contributed by atoms with Gasteiger partial charge in [-0.05, 0) is 38.2 Å². The van der Waals surface area contributed by atoms with E-state index in [0.717, 1.165) is 25.0 Å². The standard InChI is InChI=1S/C18H27ClF2N2O/c1-2-24-17(22)16(4-3-11-19)14-5-7-15(8-6-14)23-12-9-18(20,21)10-13-23/h5,7-8,14,16,22H,2-4,6,9-13H2,1H3. The third-order valence-electron chi connectivity index (χ3n) is 4.78. The van der Waals surface area contributed by atoms with Gasteiger partial charge in [-0.25, -0.2) is 8.78 Å². The molecular weight excluding hydrogens is 334 g/mol. The van der Waals surface area contributed by atoms with E-state index in [4.69, 9.17) is 21.7 Å². The second-order valence-corrected chi connectivity index (χ2v) is 6.84. The Hall–Kier alpha value is -1.10. The van der Waals surface area contributed by atoms with Crippen molar-refractivity contribution in [2.75, 3.05) is 25.6 Å². The molecule has 2 rings (SSSR count). The Kier molecular flexibility index (Phi) is 7.08. The fraction of sp³-hybridized carbons (Fsp3) is 0.722. The summed E-state index contributed by atoms with van der Waals surface area (Å²) in [5, 5.41) is 8.14. The van der Waals surface area contributed by atoms with E-state index in [1.54, 1.807) is 0 Å². The lowest BCUT2D eigenvalue weighted by Gasteiger charge is -2.36. The molecule has 3 nitrogen and oxygen atoms in total. The minimum atomic E-state index is -2.52. The van der Waals surface area contributed by atoms with Gasteiger partial charge in [0.25, 0.3) is 5.92 Å². The highest BCUT2D eigenvalue weighted by Crippen LogP contribution is 2.33. The van der Waals surface area contributed by atoms with Crippen LogP contribution in [0.3, 0.4) is 0 Å². The van der Waals surface area contributed by atoms with E-state index in [1.807, 2.05) is 17.9 Å². The minimum Gasteiger partial charge on any atom is -0.481 e. The zero-order chi connectivity index (χ0) is 17.6. The van der Waals surface area contributed by atoms with Crippen molar-refractivity contribution >= 4 is 17.5 Å². The Balaban J connectivity index is 1.94. The minimum absolute atomic E-state index is 0.0310. The summed E-state index contributed by atoms with van der Waals surface area (Å²) in [6, 6.07) is 0. The zero-order valence-corrected chi connectivity index (χ0v) is 15.0. The van der Waals surface area contributed by atoms with Crippen LogP contribution < -0.4 is 0 Å². The van der Waals surface area contributed by atoms with Crippen molar-refractivity contribution in [3.8, 4) is 0 Å². The molecule has 1 saturated heterocycles. The topological polar surface area (TPSA) is 36.3 Å². The predicted octanol–water partition coefficient (Wildman–Crippen LogP) is 4.83. The molecule has 0 bridgehead atoms. The van der Waals surface area contributed by atoms with Gasteiger partial charge in [0.15, 0.2) is 5.90 Å². The summed E-state index contributed by atoms with van der Waals surface area (Å²) in [6.07, 6.45) is 8.57. The predicted molar refractivity (Wildman–Crippen MR) is 93.9 cm³/mol. The lowest BCUT2D eigenvalue weighted by atomic mass is 9.83. The van der Waals surface area contributed by atoms with Crippen LogP contribution in [-0.2, 0) is 4.74 Å². The van der Waals surface area contributed by atoms with Crippen LogP contribution in [0, 0.1) is 17.2 Å². The van der Waals surface area contributed by atoms with E-state index in [-0.39, 0.29) is 24.7 Å². The molecule has 0 saturated carbocycles. The van der Waals surface area contributed by atoms with Crippen LogP contribution in [-0.4, -0.2) is 42.3 Å². The highest BCUT2D eigenvalue weighted by atomic mass is 35.5. The number of nitrogens with one attached hydrogen (secondary N) is 1. The fourth-order valence-corrected chi connectivity index (χ4v) is 3.50. The molecule has 24 heavy (non-hydrogen) atoms. The third kappa shape index (κ3) is 5.20. The van der Waals surface area contributed by atoms with Gasteiger partial charge in [-0.3, -0.25) is 5.41 Å². The van der Waals surface area contributed by atoms with E-state index in [9.17, 15) is 8.78 Å². The number of likely N-dealkylation sites (tertiary alicyclic amines) is 1. The van der Waals surface area contributed by atoms with Gasteiger partial charge >= 0.3 is 0 Å².